The molecule has 2 aromatic rings. The van der Waals surface area contributed by atoms with Gasteiger partial charge < -0.3 is 16.0 Å². The molecule has 0 spiro atoms. The van der Waals surface area contributed by atoms with E-state index in [4.69, 9.17) is 5.73 Å². The van der Waals surface area contributed by atoms with Gasteiger partial charge in [-0.25, -0.2) is 0 Å². The molecule has 1 saturated heterocycles. The van der Waals surface area contributed by atoms with Crippen molar-refractivity contribution in [2.24, 2.45) is 5.73 Å². The van der Waals surface area contributed by atoms with Gasteiger partial charge in [-0.2, -0.15) is 0 Å². The first kappa shape index (κ1) is 20.1. The lowest BCUT2D eigenvalue weighted by atomic mass is 10.1. The number of nitrogens with one attached hydrogen (secondary N) is 1. The van der Waals surface area contributed by atoms with Gasteiger partial charge in [0.25, 0.3) is 5.91 Å². The van der Waals surface area contributed by atoms with Crippen molar-refractivity contribution in [1.82, 2.24) is 4.90 Å². The topological polar surface area (TPSA) is 92.5 Å². The van der Waals surface area contributed by atoms with E-state index in [0.717, 1.165) is 35.4 Å². The van der Waals surface area contributed by atoms with Gasteiger partial charge in [-0.05, 0) is 43.0 Å². The lowest BCUT2D eigenvalue weighted by Gasteiger charge is -2.24. The Morgan fingerprint density at radius 2 is 1.96 bits per heavy atom. The molecule has 1 aliphatic heterocycles. The van der Waals surface area contributed by atoms with Gasteiger partial charge in [0.2, 0.25) is 11.8 Å². The molecule has 3 N–H and O–H groups in total. The summed E-state index contributed by atoms with van der Waals surface area (Å²) in [6.07, 6.45) is 2.93. The van der Waals surface area contributed by atoms with E-state index in [1.165, 1.54) is 11.3 Å². The van der Waals surface area contributed by atoms with Crippen LogP contribution >= 0.6 is 11.3 Å². The molecule has 1 aromatic heterocycles. The summed E-state index contributed by atoms with van der Waals surface area (Å²) in [7, 11) is 0. The zero-order valence-corrected chi connectivity index (χ0v) is 16.8. The third kappa shape index (κ3) is 4.59. The first-order chi connectivity index (χ1) is 13.5. The Kier molecular flexibility index (Phi) is 6.46. The summed E-state index contributed by atoms with van der Waals surface area (Å²) in [6.45, 7) is 2.71. The molecule has 1 atom stereocenters. The maximum atomic E-state index is 12.7. The Balaban J connectivity index is 1.57. The number of nitrogens with zero attached hydrogens (tertiary/aromatic N) is 1. The number of anilines is 1. The SMILES string of the molecule is CCc1ccccc1NC(=O)CCC(=O)N1CCC[C@H]1c1ccc(C(N)=O)s1. The number of carbonyl (C=O) groups excluding carboxylic acids is 3. The van der Waals surface area contributed by atoms with Crippen LogP contribution in [0.25, 0.3) is 0 Å². The fourth-order valence-electron chi connectivity index (χ4n) is 3.55. The van der Waals surface area contributed by atoms with Gasteiger partial charge in [0.1, 0.15) is 0 Å². The predicted octanol–water partition coefficient (Wildman–Crippen LogP) is 3.49. The second kappa shape index (κ2) is 9.01. The van der Waals surface area contributed by atoms with Crippen LogP contribution in [0.1, 0.15) is 58.8 Å². The molecule has 7 heteroatoms. The van der Waals surface area contributed by atoms with Crippen molar-refractivity contribution in [3.63, 3.8) is 0 Å². The van der Waals surface area contributed by atoms with Crippen molar-refractivity contribution in [3.05, 3.63) is 51.7 Å². The first-order valence-corrected chi connectivity index (χ1v) is 10.4. The van der Waals surface area contributed by atoms with Crippen LogP contribution in [0.2, 0.25) is 0 Å². The second-order valence-electron chi connectivity index (χ2n) is 6.87. The van der Waals surface area contributed by atoms with Crippen LogP contribution in [0.15, 0.2) is 36.4 Å². The highest BCUT2D eigenvalue weighted by Crippen LogP contribution is 2.36. The Morgan fingerprint density at radius 1 is 1.18 bits per heavy atom. The molecule has 0 aliphatic carbocycles. The van der Waals surface area contributed by atoms with Gasteiger partial charge in [0.15, 0.2) is 0 Å². The lowest BCUT2D eigenvalue weighted by Crippen LogP contribution is -2.30. The molecule has 2 heterocycles. The van der Waals surface area contributed by atoms with Gasteiger partial charge in [-0.3, -0.25) is 14.4 Å². The Hall–Kier alpha value is -2.67. The van der Waals surface area contributed by atoms with Crippen LogP contribution in [0.4, 0.5) is 5.69 Å². The molecule has 1 fully saturated rings. The van der Waals surface area contributed by atoms with Gasteiger partial charge in [-0.15, -0.1) is 11.3 Å². The standard InChI is InChI=1S/C21H25N3O3S/c1-2-14-6-3-4-7-15(14)23-19(25)11-12-20(26)24-13-5-8-16(24)17-9-10-18(28-17)21(22)27/h3-4,6-7,9-10,16H,2,5,8,11-13H2,1H3,(H2,22,27)(H,23,25)/t16-/m0/s1. The number of rotatable bonds is 7. The first-order valence-electron chi connectivity index (χ1n) is 9.56. The summed E-state index contributed by atoms with van der Waals surface area (Å²) in [6, 6.07) is 11.2. The molecule has 3 amide bonds. The van der Waals surface area contributed by atoms with Crippen LogP contribution < -0.4 is 11.1 Å². The van der Waals surface area contributed by atoms with Crippen LogP contribution in [-0.2, 0) is 16.0 Å². The molecule has 6 nitrogen and oxygen atoms in total. The number of para-hydroxylation sites is 1. The summed E-state index contributed by atoms with van der Waals surface area (Å²) < 4.78 is 0. The molecular weight excluding hydrogens is 374 g/mol. The quantitative estimate of drug-likeness (QED) is 0.746. The number of thiophene rings is 1. The number of likely N-dealkylation sites (tertiary alicyclic amines) is 1. The van der Waals surface area contributed by atoms with E-state index in [1.54, 1.807) is 6.07 Å². The van der Waals surface area contributed by atoms with Gasteiger partial charge >= 0.3 is 0 Å². The number of benzene rings is 1. The Labute approximate surface area is 168 Å². The predicted molar refractivity (Wildman–Crippen MR) is 110 cm³/mol. The molecule has 0 radical (unpaired) electrons. The van der Waals surface area contributed by atoms with Crippen molar-refractivity contribution in [3.8, 4) is 0 Å². The second-order valence-corrected chi connectivity index (χ2v) is 7.99. The zero-order valence-electron chi connectivity index (χ0n) is 15.9. The van der Waals surface area contributed by atoms with Crippen molar-refractivity contribution in [2.75, 3.05) is 11.9 Å². The number of hydrogen-bond donors (Lipinski definition) is 2. The fourth-order valence-corrected chi connectivity index (χ4v) is 4.56. The molecule has 0 unspecified atom stereocenters. The number of aryl methyl sites for hydroxylation is 1. The van der Waals surface area contributed by atoms with Crippen molar-refractivity contribution in [1.29, 1.82) is 0 Å². The Morgan fingerprint density at radius 3 is 2.68 bits per heavy atom. The highest BCUT2D eigenvalue weighted by atomic mass is 32.1. The summed E-state index contributed by atoms with van der Waals surface area (Å²) in [5.41, 5.74) is 7.21. The van der Waals surface area contributed by atoms with Crippen molar-refractivity contribution >= 4 is 34.7 Å². The monoisotopic (exact) mass is 399 g/mol. The smallest absolute Gasteiger partial charge is 0.258 e. The van der Waals surface area contributed by atoms with Gasteiger partial charge in [0.05, 0.1) is 10.9 Å². The van der Waals surface area contributed by atoms with Crippen LogP contribution in [-0.4, -0.2) is 29.2 Å². The lowest BCUT2D eigenvalue weighted by molar-refractivity contribution is -0.133. The third-order valence-electron chi connectivity index (χ3n) is 5.01. The summed E-state index contributed by atoms with van der Waals surface area (Å²) in [5.74, 6) is -0.635. The number of carbonyl (C=O) groups is 3. The van der Waals surface area contributed by atoms with E-state index in [9.17, 15) is 14.4 Å². The average molecular weight is 400 g/mol. The molecule has 1 aromatic carbocycles. The molecule has 148 valence electrons. The molecule has 28 heavy (non-hydrogen) atoms. The van der Waals surface area contributed by atoms with Crippen LogP contribution in [0.5, 0.6) is 0 Å². The minimum atomic E-state index is -0.448. The number of hydrogen-bond acceptors (Lipinski definition) is 4. The fraction of sp³-hybridized carbons (Fsp3) is 0.381. The average Bonchev–Trinajstić information content (AvgIpc) is 3.35. The number of amides is 3. The maximum absolute atomic E-state index is 12.7. The molecule has 0 saturated carbocycles. The molecular formula is C21H25N3O3S. The van der Waals surface area contributed by atoms with E-state index >= 15 is 0 Å². The van der Waals surface area contributed by atoms with Crippen LogP contribution in [0.3, 0.4) is 0 Å². The maximum Gasteiger partial charge on any atom is 0.258 e. The molecule has 3 rings (SSSR count). The van der Waals surface area contributed by atoms with E-state index in [2.05, 4.69) is 5.32 Å². The van der Waals surface area contributed by atoms with E-state index < -0.39 is 5.91 Å². The zero-order chi connectivity index (χ0) is 20.1. The minimum Gasteiger partial charge on any atom is -0.365 e. The highest BCUT2D eigenvalue weighted by Gasteiger charge is 2.31. The third-order valence-corrected chi connectivity index (χ3v) is 6.21. The summed E-state index contributed by atoms with van der Waals surface area (Å²) >= 11 is 1.34. The Bertz CT molecular complexity index is 877. The van der Waals surface area contributed by atoms with E-state index in [1.807, 2.05) is 42.2 Å². The van der Waals surface area contributed by atoms with Gasteiger partial charge in [-0.1, -0.05) is 25.1 Å². The van der Waals surface area contributed by atoms with Crippen molar-refractivity contribution in [2.45, 2.75) is 45.1 Å². The normalized spacial score (nSPS) is 16.2. The number of primary amides is 1. The summed E-state index contributed by atoms with van der Waals surface area (Å²) in [5, 5.41) is 2.91. The molecule has 1 aliphatic rings. The van der Waals surface area contributed by atoms with Crippen LogP contribution in [0, 0.1) is 0 Å². The van der Waals surface area contributed by atoms with Crippen molar-refractivity contribution < 1.29 is 14.4 Å². The van der Waals surface area contributed by atoms with Gasteiger partial charge in [0, 0.05) is 30.0 Å². The largest absolute Gasteiger partial charge is 0.365 e. The molecule has 0 bridgehead atoms. The minimum absolute atomic E-state index is 0.0320. The number of nitrogens with two attached hydrogens (primary N) is 1. The highest BCUT2D eigenvalue weighted by molar-refractivity contribution is 7.14. The van der Waals surface area contributed by atoms with E-state index in [-0.39, 0.29) is 30.7 Å². The van der Waals surface area contributed by atoms with E-state index in [0.29, 0.717) is 11.4 Å². The summed E-state index contributed by atoms with van der Waals surface area (Å²) in [4.78, 5) is 39.6.